The van der Waals surface area contributed by atoms with Crippen LogP contribution in [0.2, 0.25) is 0 Å². The standard InChI is InChI=1S/C22H23N5O2/c23-22(18-4-2-1-3-5-18)10-12-27(15-22)21(29)20(28)25-19-8-6-17(7-9-19)14-26-13-11-24-16-26/h1-9,11,13,16H,10,12,14-15,23H2,(H,25,28). The number of imidazole rings is 1. The van der Waals surface area contributed by atoms with Crippen LogP contribution in [0.15, 0.2) is 73.3 Å². The maximum absolute atomic E-state index is 12.6. The van der Waals surface area contributed by atoms with Crippen LogP contribution in [0.1, 0.15) is 17.5 Å². The van der Waals surface area contributed by atoms with Gasteiger partial charge in [0.25, 0.3) is 0 Å². The average molecular weight is 389 g/mol. The molecule has 1 aliphatic rings. The number of carbonyl (C=O) groups is 2. The fourth-order valence-corrected chi connectivity index (χ4v) is 3.62. The van der Waals surface area contributed by atoms with Gasteiger partial charge >= 0.3 is 11.8 Å². The van der Waals surface area contributed by atoms with E-state index >= 15 is 0 Å². The Morgan fingerprint density at radius 1 is 1.10 bits per heavy atom. The molecule has 0 spiro atoms. The lowest BCUT2D eigenvalue weighted by atomic mass is 9.90. The Morgan fingerprint density at radius 2 is 1.86 bits per heavy atom. The van der Waals surface area contributed by atoms with Gasteiger partial charge < -0.3 is 20.5 Å². The third-order valence-corrected chi connectivity index (χ3v) is 5.27. The zero-order valence-electron chi connectivity index (χ0n) is 16.0. The lowest BCUT2D eigenvalue weighted by Gasteiger charge is -2.25. The summed E-state index contributed by atoms with van der Waals surface area (Å²) in [6, 6.07) is 17.1. The zero-order valence-corrected chi connectivity index (χ0v) is 16.0. The van der Waals surface area contributed by atoms with Crippen molar-refractivity contribution < 1.29 is 9.59 Å². The van der Waals surface area contributed by atoms with Crippen LogP contribution in [0.4, 0.5) is 5.69 Å². The maximum atomic E-state index is 12.6. The van der Waals surface area contributed by atoms with E-state index in [2.05, 4.69) is 10.3 Å². The molecule has 1 aromatic heterocycles. The van der Waals surface area contributed by atoms with Crippen LogP contribution in [0.5, 0.6) is 0 Å². The quantitative estimate of drug-likeness (QED) is 0.667. The van der Waals surface area contributed by atoms with Crippen LogP contribution >= 0.6 is 0 Å². The lowest BCUT2D eigenvalue weighted by Crippen LogP contribution is -2.44. The molecule has 1 fully saturated rings. The second kappa shape index (κ2) is 7.89. The molecule has 2 aromatic carbocycles. The molecule has 2 amide bonds. The van der Waals surface area contributed by atoms with Crippen molar-refractivity contribution in [2.24, 2.45) is 5.73 Å². The highest BCUT2D eigenvalue weighted by Gasteiger charge is 2.39. The van der Waals surface area contributed by atoms with Crippen LogP contribution in [0.25, 0.3) is 0 Å². The Labute approximate surface area is 169 Å². The molecular formula is C22H23N5O2. The number of nitrogens with one attached hydrogen (secondary N) is 1. The van der Waals surface area contributed by atoms with E-state index in [0.717, 1.165) is 11.1 Å². The minimum Gasteiger partial charge on any atom is -0.333 e. The second-order valence-corrected chi connectivity index (χ2v) is 7.38. The van der Waals surface area contributed by atoms with Crippen molar-refractivity contribution in [2.75, 3.05) is 18.4 Å². The number of benzene rings is 2. The summed E-state index contributed by atoms with van der Waals surface area (Å²) >= 11 is 0. The Kier molecular flexibility index (Phi) is 5.14. The summed E-state index contributed by atoms with van der Waals surface area (Å²) in [5.41, 5.74) is 8.51. The van der Waals surface area contributed by atoms with Crippen LogP contribution < -0.4 is 11.1 Å². The molecule has 1 saturated heterocycles. The Hall–Kier alpha value is -3.45. The summed E-state index contributed by atoms with van der Waals surface area (Å²) in [6.45, 7) is 1.48. The summed E-state index contributed by atoms with van der Waals surface area (Å²) < 4.78 is 1.95. The fourth-order valence-electron chi connectivity index (χ4n) is 3.62. The van der Waals surface area contributed by atoms with Gasteiger partial charge in [-0.1, -0.05) is 42.5 Å². The van der Waals surface area contributed by atoms with Crippen molar-refractivity contribution in [3.05, 3.63) is 84.4 Å². The van der Waals surface area contributed by atoms with Crippen molar-refractivity contribution in [1.82, 2.24) is 14.5 Å². The molecule has 0 radical (unpaired) electrons. The van der Waals surface area contributed by atoms with Crippen molar-refractivity contribution >= 4 is 17.5 Å². The molecule has 148 valence electrons. The highest BCUT2D eigenvalue weighted by atomic mass is 16.2. The molecule has 0 aliphatic carbocycles. The van der Waals surface area contributed by atoms with Gasteiger partial charge in [0.1, 0.15) is 0 Å². The molecule has 3 aromatic rings. The molecular weight excluding hydrogens is 366 g/mol. The normalized spacial score (nSPS) is 18.6. The maximum Gasteiger partial charge on any atom is 0.313 e. The molecule has 3 N–H and O–H groups in total. The van der Waals surface area contributed by atoms with Crippen LogP contribution in [-0.4, -0.2) is 39.4 Å². The Bertz CT molecular complexity index is 986. The number of rotatable bonds is 4. The lowest BCUT2D eigenvalue weighted by molar-refractivity contribution is -0.142. The van der Waals surface area contributed by atoms with Gasteiger partial charge in [-0.3, -0.25) is 9.59 Å². The van der Waals surface area contributed by atoms with Gasteiger partial charge in [-0.2, -0.15) is 0 Å². The number of nitrogens with two attached hydrogens (primary N) is 1. The highest BCUT2D eigenvalue weighted by molar-refractivity contribution is 6.39. The largest absolute Gasteiger partial charge is 0.333 e. The number of carbonyl (C=O) groups excluding carboxylic acids is 2. The first-order chi connectivity index (χ1) is 14.0. The SMILES string of the molecule is NC1(c2ccccc2)CCN(C(=O)C(=O)Nc2ccc(Cn3ccnc3)cc2)C1. The first-order valence-corrected chi connectivity index (χ1v) is 9.53. The van der Waals surface area contributed by atoms with Gasteiger partial charge in [0, 0.05) is 37.7 Å². The van der Waals surface area contributed by atoms with E-state index in [4.69, 9.17) is 5.73 Å². The molecule has 4 rings (SSSR count). The predicted octanol–water partition coefficient (Wildman–Crippen LogP) is 1.96. The van der Waals surface area contributed by atoms with E-state index in [9.17, 15) is 9.59 Å². The molecule has 2 heterocycles. The number of anilines is 1. The zero-order chi connectivity index (χ0) is 20.3. The number of hydrogen-bond acceptors (Lipinski definition) is 4. The van der Waals surface area contributed by atoms with Crippen molar-refractivity contribution in [2.45, 2.75) is 18.5 Å². The minimum absolute atomic E-state index is 0.326. The third-order valence-electron chi connectivity index (χ3n) is 5.27. The summed E-state index contributed by atoms with van der Waals surface area (Å²) in [6.07, 6.45) is 5.99. The first-order valence-electron chi connectivity index (χ1n) is 9.53. The van der Waals surface area contributed by atoms with E-state index in [1.807, 2.05) is 53.2 Å². The molecule has 7 heteroatoms. The minimum atomic E-state index is -0.648. The van der Waals surface area contributed by atoms with Crippen molar-refractivity contribution in [1.29, 1.82) is 0 Å². The van der Waals surface area contributed by atoms with Crippen LogP contribution in [0.3, 0.4) is 0 Å². The Morgan fingerprint density at radius 3 is 2.55 bits per heavy atom. The monoisotopic (exact) mass is 389 g/mol. The molecule has 1 unspecified atom stereocenters. The summed E-state index contributed by atoms with van der Waals surface area (Å²) in [5.74, 6) is -1.21. The van der Waals surface area contributed by atoms with Crippen LogP contribution in [-0.2, 0) is 21.7 Å². The van der Waals surface area contributed by atoms with Gasteiger partial charge in [0.05, 0.1) is 11.9 Å². The number of nitrogens with zero attached hydrogens (tertiary/aromatic N) is 3. The number of hydrogen-bond donors (Lipinski definition) is 2. The van der Waals surface area contributed by atoms with Gasteiger partial charge in [0.2, 0.25) is 0 Å². The smallest absolute Gasteiger partial charge is 0.313 e. The van der Waals surface area contributed by atoms with Gasteiger partial charge in [-0.15, -0.1) is 0 Å². The molecule has 1 aliphatic heterocycles. The average Bonchev–Trinajstić information content (AvgIpc) is 3.40. The molecule has 1 atom stereocenters. The number of amides is 2. The number of likely N-dealkylation sites (tertiary alicyclic amines) is 1. The van der Waals surface area contributed by atoms with Crippen LogP contribution in [0, 0.1) is 0 Å². The highest BCUT2D eigenvalue weighted by Crippen LogP contribution is 2.29. The van der Waals surface area contributed by atoms with E-state index in [0.29, 0.717) is 31.7 Å². The summed E-state index contributed by atoms with van der Waals surface area (Å²) in [4.78, 5) is 30.6. The van der Waals surface area contributed by atoms with Gasteiger partial charge in [-0.05, 0) is 29.7 Å². The summed E-state index contributed by atoms with van der Waals surface area (Å²) in [7, 11) is 0. The van der Waals surface area contributed by atoms with Crippen molar-refractivity contribution in [3.8, 4) is 0 Å². The van der Waals surface area contributed by atoms with Crippen molar-refractivity contribution in [3.63, 3.8) is 0 Å². The molecule has 7 nitrogen and oxygen atoms in total. The summed E-state index contributed by atoms with van der Waals surface area (Å²) in [5, 5.41) is 2.68. The first kappa shape index (κ1) is 18.9. The van der Waals surface area contributed by atoms with E-state index < -0.39 is 17.4 Å². The van der Waals surface area contributed by atoms with Gasteiger partial charge in [0.15, 0.2) is 0 Å². The predicted molar refractivity (Wildman–Crippen MR) is 110 cm³/mol. The van der Waals surface area contributed by atoms with E-state index in [1.165, 1.54) is 4.90 Å². The number of aromatic nitrogens is 2. The third kappa shape index (κ3) is 4.20. The molecule has 0 bridgehead atoms. The van der Waals surface area contributed by atoms with E-state index in [1.54, 1.807) is 24.7 Å². The van der Waals surface area contributed by atoms with E-state index in [-0.39, 0.29) is 0 Å². The Balaban J connectivity index is 1.36. The second-order valence-electron chi connectivity index (χ2n) is 7.38. The fraction of sp³-hybridized carbons (Fsp3) is 0.227. The molecule has 0 saturated carbocycles. The molecule has 29 heavy (non-hydrogen) atoms. The van der Waals surface area contributed by atoms with Gasteiger partial charge in [-0.25, -0.2) is 4.98 Å². The topological polar surface area (TPSA) is 93.2 Å².